The minimum absolute atomic E-state index is 0.115. The maximum absolute atomic E-state index is 11.9. The lowest BCUT2D eigenvalue weighted by Gasteiger charge is -2.02. The number of nitrogens with one attached hydrogen (secondary N) is 1. The number of benzene rings is 1. The minimum atomic E-state index is -0.115. The van der Waals surface area contributed by atoms with E-state index in [2.05, 4.69) is 15.3 Å². The smallest absolute Gasteiger partial charge is 0.232 e. The Labute approximate surface area is 135 Å². The number of rotatable bonds is 6. The standard InChI is InChI=1S/C15H13N3O2S2/c19-13(18-15-16-6-7-21-15)8-11-10-22-14(17-11)9-20-12-4-2-1-3-5-12/h1-7,10H,8-9H2,(H,16,18,19). The van der Waals surface area contributed by atoms with E-state index in [9.17, 15) is 4.79 Å². The monoisotopic (exact) mass is 331 g/mol. The number of hydrogen-bond donors (Lipinski definition) is 1. The first-order valence-electron chi connectivity index (χ1n) is 6.60. The fraction of sp³-hybridized carbons (Fsp3) is 0.133. The highest BCUT2D eigenvalue weighted by Gasteiger charge is 2.09. The number of anilines is 1. The van der Waals surface area contributed by atoms with E-state index in [-0.39, 0.29) is 12.3 Å². The molecular weight excluding hydrogens is 318 g/mol. The zero-order chi connectivity index (χ0) is 15.2. The van der Waals surface area contributed by atoms with Crippen molar-refractivity contribution in [3.63, 3.8) is 0 Å². The van der Waals surface area contributed by atoms with Crippen LogP contribution in [0.15, 0.2) is 47.3 Å². The number of hydrogen-bond acceptors (Lipinski definition) is 6. The quantitative estimate of drug-likeness (QED) is 0.752. The zero-order valence-electron chi connectivity index (χ0n) is 11.6. The Morgan fingerprint density at radius 3 is 2.86 bits per heavy atom. The van der Waals surface area contributed by atoms with Crippen LogP contribution in [0.3, 0.4) is 0 Å². The number of para-hydroxylation sites is 1. The van der Waals surface area contributed by atoms with Gasteiger partial charge in [0.1, 0.15) is 17.4 Å². The van der Waals surface area contributed by atoms with Gasteiger partial charge < -0.3 is 10.1 Å². The van der Waals surface area contributed by atoms with Crippen LogP contribution in [-0.2, 0) is 17.8 Å². The summed E-state index contributed by atoms with van der Waals surface area (Å²) in [4.78, 5) is 20.3. The van der Waals surface area contributed by atoms with E-state index in [1.807, 2.05) is 41.1 Å². The first-order valence-corrected chi connectivity index (χ1v) is 8.36. The maximum atomic E-state index is 11.9. The summed E-state index contributed by atoms with van der Waals surface area (Å²) < 4.78 is 5.63. The number of thiazole rings is 2. The molecule has 3 aromatic rings. The summed E-state index contributed by atoms with van der Waals surface area (Å²) in [5.41, 5.74) is 0.741. The highest BCUT2D eigenvalue weighted by atomic mass is 32.1. The first-order chi connectivity index (χ1) is 10.8. The van der Waals surface area contributed by atoms with Gasteiger partial charge in [0.2, 0.25) is 5.91 Å². The molecule has 112 valence electrons. The number of ether oxygens (including phenoxy) is 1. The Balaban J connectivity index is 1.51. The van der Waals surface area contributed by atoms with Crippen molar-refractivity contribution in [3.05, 3.63) is 58.0 Å². The molecule has 0 bridgehead atoms. The first kappa shape index (κ1) is 14.7. The Kier molecular flexibility index (Phi) is 4.77. The van der Waals surface area contributed by atoms with Gasteiger partial charge in [-0.1, -0.05) is 18.2 Å². The molecule has 0 unspecified atom stereocenters. The number of nitrogens with zero attached hydrogens (tertiary/aromatic N) is 2. The molecule has 0 saturated heterocycles. The van der Waals surface area contributed by atoms with E-state index >= 15 is 0 Å². The third-order valence-electron chi connectivity index (χ3n) is 2.73. The Bertz CT molecular complexity index is 726. The summed E-state index contributed by atoms with van der Waals surface area (Å²) in [6.45, 7) is 0.406. The lowest BCUT2D eigenvalue weighted by molar-refractivity contribution is -0.115. The van der Waals surface area contributed by atoms with Crippen LogP contribution in [-0.4, -0.2) is 15.9 Å². The summed E-state index contributed by atoms with van der Waals surface area (Å²) in [7, 11) is 0. The summed E-state index contributed by atoms with van der Waals surface area (Å²) in [6, 6.07) is 9.58. The van der Waals surface area contributed by atoms with Gasteiger partial charge in [0.15, 0.2) is 5.13 Å². The summed E-state index contributed by atoms with van der Waals surface area (Å²) in [5, 5.41) is 7.89. The molecule has 1 amide bonds. The molecule has 0 saturated carbocycles. The molecule has 0 aliphatic rings. The van der Waals surface area contributed by atoms with E-state index < -0.39 is 0 Å². The molecule has 5 nitrogen and oxygen atoms in total. The molecule has 0 atom stereocenters. The molecule has 0 radical (unpaired) electrons. The van der Waals surface area contributed by atoms with Gasteiger partial charge in [-0.05, 0) is 12.1 Å². The van der Waals surface area contributed by atoms with Crippen LogP contribution in [0.1, 0.15) is 10.7 Å². The van der Waals surface area contributed by atoms with Crippen LogP contribution in [0.25, 0.3) is 0 Å². The highest BCUT2D eigenvalue weighted by molar-refractivity contribution is 7.13. The molecule has 0 fully saturated rings. The van der Waals surface area contributed by atoms with Crippen molar-refractivity contribution in [2.75, 3.05) is 5.32 Å². The Morgan fingerprint density at radius 2 is 2.09 bits per heavy atom. The molecule has 22 heavy (non-hydrogen) atoms. The SMILES string of the molecule is O=C(Cc1csc(COc2ccccc2)n1)Nc1nccs1. The molecule has 1 aromatic carbocycles. The van der Waals surface area contributed by atoms with Crippen LogP contribution in [0.5, 0.6) is 5.75 Å². The van der Waals surface area contributed by atoms with Crippen LogP contribution in [0, 0.1) is 0 Å². The molecule has 1 N–H and O–H groups in total. The molecule has 0 spiro atoms. The van der Waals surface area contributed by atoms with Crippen LogP contribution >= 0.6 is 22.7 Å². The second-order valence-electron chi connectivity index (χ2n) is 4.40. The third-order valence-corrected chi connectivity index (χ3v) is 4.28. The predicted molar refractivity (Wildman–Crippen MR) is 87.3 cm³/mol. The molecule has 7 heteroatoms. The largest absolute Gasteiger partial charge is 0.486 e. The number of carbonyl (C=O) groups is 1. The van der Waals surface area contributed by atoms with Gasteiger partial charge >= 0.3 is 0 Å². The van der Waals surface area contributed by atoms with E-state index in [0.717, 1.165) is 16.5 Å². The van der Waals surface area contributed by atoms with E-state index in [0.29, 0.717) is 11.7 Å². The summed E-state index contributed by atoms with van der Waals surface area (Å²) in [6.07, 6.45) is 1.89. The number of amides is 1. The van der Waals surface area contributed by atoms with E-state index in [1.165, 1.54) is 22.7 Å². The van der Waals surface area contributed by atoms with E-state index in [4.69, 9.17) is 4.74 Å². The van der Waals surface area contributed by atoms with Crippen molar-refractivity contribution in [3.8, 4) is 5.75 Å². The topological polar surface area (TPSA) is 64.1 Å². The van der Waals surface area contributed by atoms with Crippen molar-refractivity contribution >= 4 is 33.7 Å². The predicted octanol–water partition coefficient (Wildman–Crippen LogP) is 3.36. The van der Waals surface area contributed by atoms with Gasteiger partial charge in [-0.2, -0.15) is 0 Å². The lowest BCUT2D eigenvalue weighted by Crippen LogP contribution is -2.14. The van der Waals surface area contributed by atoms with Crippen LogP contribution in [0.4, 0.5) is 5.13 Å². The van der Waals surface area contributed by atoms with Crippen LogP contribution in [0.2, 0.25) is 0 Å². The average Bonchev–Trinajstić information content (AvgIpc) is 3.18. The second kappa shape index (κ2) is 7.15. The minimum Gasteiger partial charge on any atom is -0.486 e. The Hall–Kier alpha value is -2.25. The number of carbonyl (C=O) groups excluding carboxylic acids is 1. The van der Waals surface area contributed by atoms with Crippen molar-refractivity contribution in [2.45, 2.75) is 13.0 Å². The van der Waals surface area contributed by atoms with Crippen molar-refractivity contribution < 1.29 is 9.53 Å². The highest BCUT2D eigenvalue weighted by Crippen LogP contribution is 2.16. The van der Waals surface area contributed by atoms with Crippen molar-refractivity contribution in [2.24, 2.45) is 0 Å². The van der Waals surface area contributed by atoms with Gasteiger partial charge in [0.05, 0.1) is 12.1 Å². The lowest BCUT2D eigenvalue weighted by atomic mass is 10.3. The zero-order valence-corrected chi connectivity index (χ0v) is 13.2. The number of aromatic nitrogens is 2. The summed E-state index contributed by atoms with van der Waals surface area (Å²) >= 11 is 2.88. The Morgan fingerprint density at radius 1 is 1.23 bits per heavy atom. The fourth-order valence-corrected chi connectivity index (χ4v) is 3.02. The van der Waals surface area contributed by atoms with Crippen molar-refractivity contribution in [1.82, 2.24) is 9.97 Å². The van der Waals surface area contributed by atoms with Gasteiger partial charge in [-0.25, -0.2) is 9.97 Å². The third kappa shape index (κ3) is 4.12. The molecule has 0 aliphatic carbocycles. The average molecular weight is 331 g/mol. The van der Waals surface area contributed by atoms with Gasteiger partial charge in [0, 0.05) is 17.0 Å². The second-order valence-corrected chi connectivity index (χ2v) is 6.23. The molecule has 3 rings (SSSR count). The maximum Gasteiger partial charge on any atom is 0.232 e. The van der Waals surface area contributed by atoms with Gasteiger partial charge in [-0.15, -0.1) is 22.7 Å². The molecule has 2 aromatic heterocycles. The molecule has 0 aliphatic heterocycles. The fourth-order valence-electron chi connectivity index (χ4n) is 1.77. The van der Waals surface area contributed by atoms with Crippen molar-refractivity contribution in [1.29, 1.82) is 0 Å². The molecule has 2 heterocycles. The van der Waals surface area contributed by atoms with Gasteiger partial charge in [0.25, 0.3) is 0 Å². The van der Waals surface area contributed by atoms with E-state index in [1.54, 1.807) is 6.20 Å². The van der Waals surface area contributed by atoms with Gasteiger partial charge in [-0.3, -0.25) is 4.79 Å². The molecular formula is C15H13N3O2S2. The van der Waals surface area contributed by atoms with Crippen LogP contribution < -0.4 is 10.1 Å². The summed E-state index contributed by atoms with van der Waals surface area (Å²) in [5.74, 6) is 0.691. The normalized spacial score (nSPS) is 10.4.